The van der Waals surface area contributed by atoms with Crippen LogP contribution in [-0.2, 0) is 10.3 Å². The average molecular weight is 386 g/mol. The zero-order valence-corrected chi connectivity index (χ0v) is 17.1. The van der Waals surface area contributed by atoms with E-state index in [0.717, 1.165) is 56.4 Å². The molecule has 7 heteroatoms. The summed E-state index contributed by atoms with van der Waals surface area (Å²) in [5, 5.41) is 21.4. The molecule has 1 aliphatic rings. The molecule has 0 saturated carbocycles. The Bertz CT molecular complexity index is 521. The second-order valence-electron chi connectivity index (χ2n) is 6.56. The average Bonchev–Trinajstić information content (AvgIpc) is 3.14. The Labute approximate surface area is 159 Å². The van der Waals surface area contributed by atoms with Crippen LogP contribution in [0.4, 0.5) is 0 Å². The molecule has 0 bridgehead atoms. The smallest absolute Gasteiger partial charge is 0.191 e. The van der Waals surface area contributed by atoms with Gasteiger partial charge in [-0.15, -0.1) is 0 Å². The predicted octanol–water partition coefficient (Wildman–Crippen LogP) is 2.81. The summed E-state index contributed by atoms with van der Waals surface area (Å²) in [6.07, 6.45) is 2.12. The van der Waals surface area contributed by atoms with E-state index >= 15 is 0 Å². The Hall–Kier alpha value is -0.760. The van der Waals surface area contributed by atoms with Gasteiger partial charge in [-0.2, -0.15) is 23.1 Å². The summed E-state index contributed by atoms with van der Waals surface area (Å²) in [5.74, 6) is 1.86. The molecular formula is C18H31N3O2S2. The monoisotopic (exact) mass is 385 g/mol. The van der Waals surface area contributed by atoms with E-state index in [1.165, 1.54) is 0 Å². The summed E-state index contributed by atoms with van der Waals surface area (Å²) in [4.78, 5) is 4.63. The van der Waals surface area contributed by atoms with Crippen LogP contribution in [0.25, 0.3) is 0 Å². The summed E-state index contributed by atoms with van der Waals surface area (Å²) in [6.45, 7) is 9.72. The third kappa shape index (κ3) is 6.16. The van der Waals surface area contributed by atoms with Gasteiger partial charge in [-0.25, -0.2) is 4.99 Å². The lowest BCUT2D eigenvalue weighted by molar-refractivity contribution is 0.0676. The first-order chi connectivity index (χ1) is 12.0. The SMILES string of the molecule is CCNC(=NCC(C)(O)c1ccsc1)NCC1(SCC)CCOCC1. The first-order valence-corrected chi connectivity index (χ1v) is 10.9. The predicted molar refractivity (Wildman–Crippen MR) is 109 cm³/mol. The molecule has 1 atom stereocenters. The lowest BCUT2D eigenvalue weighted by Gasteiger charge is -2.37. The molecule has 0 spiro atoms. The Morgan fingerprint density at radius 1 is 1.40 bits per heavy atom. The van der Waals surface area contributed by atoms with Crippen molar-refractivity contribution in [3.05, 3.63) is 22.4 Å². The summed E-state index contributed by atoms with van der Waals surface area (Å²) >= 11 is 3.60. The van der Waals surface area contributed by atoms with Crippen molar-refractivity contribution >= 4 is 29.1 Å². The fraction of sp³-hybridized carbons (Fsp3) is 0.722. The van der Waals surface area contributed by atoms with Gasteiger partial charge in [-0.3, -0.25) is 0 Å². The van der Waals surface area contributed by atoms with Crippen LogP contribution in [-0.4, -0.2) is 54.4 Å². The van der Waals surface area contributed by atoms with Crippen LogP contribution in [0.2, 0.25) is 0 Å². The number of hydrogen-bond donors (Lipinski definition) is 3. The second-order valence-corrected chi connectivity index (χ2v) is 9.08. The maximum Gasteiger partial charge on any atom is 0.191 e. The van der Waals surface area contributed by atoms with Crippen molar-refractivity contribution in [3.63, 3.8) is 0 Å². The van der Waals surface area contributed by atoms with Gasteiger partial charge in [0.2, 0.25) is 0 Å². The fourth-order valence-electron chi connectivity index (χ4n) is 2.90. The van der Waals surface area contributed by atoms with Crippen LogP contribution in [0.5, 0.6) is 0 Å². The summed E-state index contributed by atoms with van der Waals surface area (Å²) in [6, 6.07) is 1.95. The van der Waals surface area contributed by atoms with Gasteiger partial charge in [0.15, 0.2) is 5.96 Å². The van der Waals surface area contributed by atoms with E-state index in [1.807, 2.05) is 35.5 Å². The van der Waals surface area contributed by atoms with E-state index in [0.29, 0.717) is 6.54 Å². The summed E-state index contributed by atoms with van der Waals surface area (Å²) < 4.78 is 5.75. The van der Waals surface area contributed by atoms with E-state index in [-0.39, 0.29) is 4.75 Å². The van der Waals surface area contributed by atoms with Crippen LogP contribution in [0.3, 0.4) is 0 Å². The van der Waals surface area contributed by atoms with E-state index in [1.54, 1.807) is 11.3 Å². The molecule has 1 aromatic heterocycles. The first-order valence-electron chi connectivity index (χ1n) is 9.00. The normalized spacial score (nSPS) is 20.1. The molecule has 1 fully saturated rings. The minimum Gasteiger partial charge on any atom is -0.383 e. The zero-order chi connectivity index (χ0) is 18.2. The fourth-order valence-corrected chi connectivity index (χ4v) is 4.93. The highest BCUT2D eigenvalue weighted by Gasteiger charge is 2.33. The Kier molecular flexibility index (Phi) is 8.06. The molecule has 0 amide bonds. The molecule has 0 aliphatic carbocycles. The Balaban J connectivity index is 1.99. The molecule has 1 saturated heterocycles. The molecule has 2 rings (SSSR count). The highest BCUT2D eigenvalue weighted by atomic mass is 32.2. The van der Waals surface area contributed by atoms with Crippen molar-refractivity contribution in [1.82, 2.24) is 10.6 Å². The third-order valence-corrected chi connectivity index (χ3v) is 6.60. The Morgan fingerprint density at radius 2 is 2.16 bits per heavy atom. The number of ether oxygens (including phenoxy) is 1. The number of thioether (sulfide) groups is 1. The molecule has 0 aromatic carbocycles. The van der Waals surface area contributed by atoms with Crippen LogP contribution >= 0.6 is 23.1 Å². The number of thiophene rings is 1. The van der Waals surface area contributed by atoms with Gasteiger partial charge in [-0.1, -0.05) is 6.92 Å². The van der Waals surface area contributed by atoms with Gasteiger partial charge in [-0.05, 0) is 54.8 Å². The minimum atomic E-state index is -0.948. The van der Waals surface area contributed by atoms with Gasteiger partial charge in [0.25, 0.3) is 0 Å². The number of hydrogen-bond acceptors (Lipinski definition) is 5. The molecule has 0 radical (unpaired) electrons. The number of aliphatic imine (C=N–C) groups is 1. The van der Waals surface area contributed by atoms with Crippen LogP contribution in [0.1, 0.15) is 39.2 Å². The van der Waals surface area contributed by atoms with E-state index in [2.05, 4.69) is 29.5 Å². The van der Waals surface area contributed by atoms with Crippen LogP contribution in [0, 0.1) is 0 Å². The molecule has 25 heavy (non-hydrogen) atoms. The quantitative estimate of drug-likeness (QED) is 0.474. The molecule has 2 heterocycles. The maximum atomic E-state index is 10.7. The number of nitrogens with one attached hydrogen (secondary N) is 2. The van der Waals surface area contributed by atoms with Crippen molar-refractivity contribution in [2.45, 2.75) is 44.0 Å². The highest BCUT2D eigenvalue weighted by Crippen LogP contribution is 2.34. The van der Waals surface area contributed by atoms with Crippen molar-refractivity contribution in [3.8, 4) is 0 Å². The molecule has 5 nitrogen and oxygen atoms in total. The van der Waals surface area contributed by atoms with Crippen LogP contribution in [0.15, 0.2) is 21.8 Å². The zero-order valence-electron chi connectivity index (χ0n) is 15.5. The van der Waals surface area contributed by atoms with E-state index in [9.17, 15) is 5.11 Å². The van der Waals surface area contributed by atoms with Gasteiger partial charge in [0.05, 0.1) is 6.54 Å². The minimum absolute atomic E-state index is 0.207. The maximum absolute atomic E-state index is 10.7. The molecule has 1 unspecified atom stereocenters. The molecule has 3 N–H and O–H groups in total. The second kappa shape index (κ2) is 9.80. The Morgan fingerprint density at radius 3 is 2.76 bits per heavy atom. The van der Waals surface area contributed by atoms with Gasteiger partial charge in [0.1, 0.15) is 5.60 Å². The number of nitrogens with zero attached hydrogens (tertiary/aromatic N) is 1. The summed E-state index contributed by atoms with van der Waals surface area (Å²) in [5.41, 5.74) is -0.0313. The van der Waals surface area contributed by atoms with E-state index in [4.69, 9.17) is 4.74 Å². The van der Waals surface area contributed by atoms with Crippen molar-refractivity contribution in [2.24, 2.45) is 4.99 Å². The van der Waals surface area contributed by atoms with Gasteiger partial charge in [0, 0.05) is 31.1 Å². The third-order valence-electron chi connectivity index (χ3n) is 4.46. The topological polar surface area (TPSA) is 65.9 Å². The molecule has 1 aromatic rings. The van der Waals surface area contributed by atoms with Gasteiger partial charge >= 0.3 is 0 Å². The van der Waals surface area contributed by atoms with E-state index < -0.39 is 5.60 Å². The largest absolute Gasteiger partial charge is 0.383 e. The van der Waals surface area contributed by atoms with Gasteiger partial charge < -0.3 is 20.5 Å². The van der Waals surface area contributed by atoms with Crippen molar-refractivity contribution in [2.75, 3.05) is 38.6 Å². The standard InChI is InChI=1S/C18H31N3O2S2/c1-4-19-16(20-13-17(3,22)15-6-11-24-12-15)21-14-18(25-5-2)7-9-23-10-8-18/h6,11-12,22H,4-5,7-10,13-14H2,1-3H3,(H2,19,20,21). The lowest BCUT2D eigenvalue weighted by Crippen LogP contribution is -2.48. The summed E-state index contributed by atoms with van der Waals surface area (Å²) in [7, 11) is 0. The number of guanidine groups is 1. The lowest BCUT2D eigenvalue weighted by atomic mass is 9.99. The highest BCUT2D eigenvalue weighted by molar-refractivity contribution is 8.00. The molecule has 142 valence electrons. The van der Waals surface area contributed by atoms with Crippen molar-refractivity contribution < 1.29 is 9.84 Å². The first kappa shape index (κ1) is 20.6. The van der Waals surface area contributed by atoms with Crippen molar-refractivity contribution in [1.29, 1.82) is 0 Å². The number of rotatable bonds is 8. The van der Waals surface area contributed by atoms with Crippen LogP contribution < -0.4 is 10.6 Å². The molecular weight excluding hydrogens is 354 g/mol. The number of aliphatic hydroxyl groups is 1. The molecule has 1 aliphatic heterocycles.